The van der Waals surface area contributed by atoms with Gasteiger partial charge in [-0.2, -0.15) is 0 Å². The number of alkyl halides is 1. The molecule has 1 saturated heterocycles. The third-order valence-electron chi connectivity index (χ3n) is 2.81. The fourth-order valence-electron chi connectivity index (χ4n) is 2.33. The summed E-state index contributed by atoms with van der Waals surface area (Å²) >= 11 is 0. The van der Waals surface area contributed by atoms with Gasteiger partial charge in [0.05, 0.1) is 11.2 Å². The summed E-state index contributed by atoms with van der Waals surface area (Å²) in [5.74, 6) is -0.0764. The first kappa shape index (κ1) is 10.9. The molecular formula is C10H20FNO. The number of hydrogen-bond donors (Lipinski definition) is 1. The summed E-state index contributed by atoms with van der Waals surface area (Å²) in [6.07, 6.45) is -0.199. The van der Waals surface area contributed by atoms with E-state index in [1.54, 1.807) is 0 Å². The van der Waals surface area contributed by atoms with E-state index in [1.807, 2.05) is 27.7 Å². The maximum Gasteiger partial charge on any atom is 0.118 e. The lowest BCUT2D eigenvalue weighted by Gasteiger charge is -2.28. The maximum atomic E-state index is 13.5. The standard InChI is InChI=1S/C10H20FNO/c1-9(2)5-7(8(11)6-12)10(3,4)13-9/h7-8H,5-6,12H2,1-4H3. The molecule has 13 heavy (non-hydrogen) atoms. The average molecular weight is 189 g/mol. The largest absolute Gasteiger partial charge is 0.369 e. The molecule has 78 valence electrons. The number of ether oxygens (including phenoxy) is 1. The Hall–Kier alpha value is -0.150. The first-order chi connectivity index (χ1) is 5.78. The van der Waals surface area contributed by atoms with E-state index in [0.29, 0.717) is 0 Å². The second-order valence-corrected chi connectivity index (χ2v) is 5.03. The van der Waals surface area contributed by atoms with E-state index in [0.717, 1.165) is 6.42 Å². The molecule has 2 nitrogen and oxygen atoms in total. The minimum Gasteiger partial charge on any atom is -0.369 e. The minimum atomic E-state index is -0.947. The van der Waals surface area contributed by atoms with Crippen molar-refractivity contribution < 1.29 is 9.13 Å². The monoisotopic (exact) mass is 189 g/mol. The minimum absolute atomic E-state index is 0.0764. The first-order valence-corrected chi connectivity index (χ1v) is 4.83. The summed E-state index contributed by atoms with van der Waals surface area (Å²) in [4.78, 5) is 0. The van der Waals surface area contributed by atoms with Gasteiger partial charge in [-0.1, -0.05) is 0 Å². The molecule has 0 bridgehead atoms. The van der Waals surface area contributed by atoms with E-state index in [2.05, 4.69) is 0 Å². The van der Waals surface area contributed by atoms with Crippen molar-refractivity contribution in [3.8, 4) is 0 Å². The summed E-state index contributed by atoms with van der Waals surface area (Å²) in [6.45, 7) is 7.97. The van der Waals surface area contributed by atoms with Crippen LogP contribution in [0.25, 0.3) is 0 Å². The highest BCUT2D eigenvalue weighted by Gasteiger charge is 2.48. The molecule has 2 atom stereocenters. The van der Waals surface area contributed by atoms with Crippen LogP contribution < -0.4 is 5.73 Å². The Morgan fingerprint density at radius 1 is 1.46 bits per heavy atom. The summed E-state index contributed by atoms with van der Waals surface area (Å²) in [5, 5.41) is 0. The van der Waals surface area contributed by atoms with E-state index >= 15 is 0 Å². The fourth-order valence-corrected chi connectivity index (χ4v) is 2.33. The predicted molar refractivity (Wildman–Crippen MR) is 51.3 cm³/mol. The van der Waals surface area contributed by atoms with Crippen LogP contribution in [0.15, 0.2) is 0 Å². The van der Waals surface area contributed by atoms with Crippen LogP contribution in [0.4, 0.5) is 4.39 Å². The molecule has 0 spiro atoms. The first-order valence-electron chi connectivity index (χ1n) is 4.83. The van der Waals surface area contributed by atoms with E-state index < -0.39 is 6.17 Å². The smallest absolute Gasteiger partial charge is 0.118 e. The van der Waals surface area contributed by atoms with Crippen LogP contribution in [0.5, 0.6) is 0 Å². The molecule has 0 amide bonds. The van der Waals surface area contributed by atoms with E-state index in [1.165, 1.54) is 0 Å². The second kappa shape index (κ2) is 3.21. The Balaban J connectivity index is 2.76. The molecule has 1 fully saturated rings. The SMILES string of the molecule is CC1(C)CC(C(F)CN)C(C)(C)O1. The topological polar surface area (TPSA) is 35.2 Å². The van der Waals surface area contributed by atoms with Crippen LogP contribution in [0.3, 0.4) is 0 Å². The summed E-state index contributed by atoms with van der Waals surface area (Å²) in [7, 11) is 0. The van der Waals surface area contributed by atoms with Gasteiger partial charge in [-0.3, -0.25) is 0 Å². The van der Waals surface area contributed by atoms with Gasteiger partial charge in [0.1, 0.15) is 6.17 Å². The van der Waals surface area contributed by atoms with Crippen LogP contribution in [0.1, 0.15) is 34.1 Å². The molecule has 0 aromatic rings. The molecule has 1 aliphatic heterocycles. The van der Waals surface area contributed by atoms with Gasteiger partial charge in [-0.05, 0) is 34.1 Å². The van der Waals surface area contributed by atoms with E-state index in [-0.39, 0.29) is 23.7 Å². The van der Waals surface area contributed by atoms with Gasteiger partial charge in [0, 0.05) is 12.5 Å². The van der Waals surface area contributed by atoms with Crippen molar-refractivity contribution in [1.29, 1.82) is 0 Å². The van der Waals surface area contributed by atoms with Crippen LogP contribution in [-0.2, 0) is 4.74 Å². The Bertz CT molecular complexity index is 191. The Morgan fingerprint density at radius 2 is 2.00 bits per heavy atom. The van der Waals surface area contributed by atoms with Gasteiger partial charge in [0.2, 0.25) is 0 Å². The molecule has 2 unspecified atom stereocenters. The lowest BCUT2D eigenvalue weighted by atomic mass is 9.84. The maximum absolute atomic E-state index is 13.5. The van der Waals surface area contributed by atoms with Crippen molar-refractivity contribution in [2.24, 2.45) is 11.7 Å². The van der Waals surface area contributed by atoms with Crippen molar-refractivity contribution in [2.45, 2.75) is 51.5 Å². The van der Waals surface area contributed by atoms with Crippen molar-refractivity contribution >= 4 is 0 Å². The molecule has 0 saturated carbocycles. The van der Waals surface area contributed by atoms with Gasteiger partial charge in [0.25, 0.3) is 0 Å². The summed E-state index contributed by atoms with van der Waals surface area (Å²) < 4.78 is 19.2. The average Bonchev–Trinajstić information content (AvgIpc) is 2.17. The second-order valence-electron chi connectivity index (χ2n) is 5.03. The number of halogens is 1. The predicted octanol–water partition coefficient (Wildman–Crippen LogP) is 1.88. The van der Waals surface area contributed by atoms with Crippen molar-refractivity contribution in [3.63, 3.8) is 0 Å². The number of nitrogens with two attached hydrogens (primary N) is 1. The Kier molecular flexibility index (Phi) is 2.70. The van der Waals surface area contributed by atoms with Gasteiger partial charge < -0.3 is 10.5 Å². The van der Waals surface area contributed by atoms with Crippen molar-refractivity contribution in [3.05, 3.63) is 0 Å². The zero-order valence-electron chi connectivity index (χ0n) is 8.93. The Labute approximate surface area is 79.6 Å². The fraction of sp³-hybridized carbons (Fsp3) is 1.00. The molecule has 0 aromatic heterocycles. The molecule has 0 aliphatic carbocycles. The summed E-state index contributed by atoms with van der Waals surface area (Å²) in [5.41, 5.74) is 4.73. The Morgan fingerprint density at radius 3 is 2.31 bits per heavy atom. The highest BCUT2D eigenvalue weighted by atomic mass is 19.1. The molecule has 1 rings (SSSR count). The summed E-state index contributed by atoms with van der Waals surface area (Å²) in [6, 6.07) is 0. The third kappa shape index (κ3) is 2.20. The van der Waals surface area contributed by atoms with Crippen LogP contribution in [-0.4, -0.2) is 23.9 Å². The third-order valence-corrected chi connectivity index (χ3v) is 2.81. The van der Waals surface area contributed by atoms with Crippen molar-refractivity contribution in [2.75, 3.05) is 6.54 Å². The van der Waals surface area contributed by atoms with Crippen LogP contribution in [0, 0.1) is 5.92 Å². The molecule has 3 heteroatoms. The van der Waals surface area contributed by atoms with Crippen LogP contribution >= 0.6 is 0 Å². The number of hydrogen-bond acceptors (Lipinski definition) is 2. The lowest BCUT2D eigenvalue weighted by molar-refractivity contribution is -0.0809. The van der Waals surface area contributed by atoms with Gasteiger partial charge in [-0.25, -0.2) is 4.39 Å². The van der Waals surface area contributed by atoms with Gasteiger partial charge in [-0.15, -0.1) is 0 Å². The molecule has 1 heterocycles. The highest BCUT2D eigenvalue weighted by Crippen LogP contribution is 2.44. The van der Waals surface area contributed by atoms with E-state index in [9.17, 15) is 4.39 Å². The van der Waals surface area contributed by atoms with Gasteiger partial charge in [0.15, 0.2) is 0 Å². The normalized spacial score (nSPS) is 33.2. The molecule has 1 aliphatic rings. The molecule has 0 aromatic carbocycles. The zero-order valence-corrected chi connectivity index (χ0v) is 8.93. The molecule has 0 radical (unpaired) electrons. The quantitative estimate of drug-likeness (QED) is 0.719. The zero-order chi connectivity index (χ0) is 10.3. The van der Waals surface area contributed by atoms with E-state index in [4.69, 9.17) is 10.5 Å². The molecule has 2 N–H and O–H groups in total. The van der Waals surface area contributed by atoms with Gasteiger partial charge >= 0.3 is 0 Å². The van der Waals surface area contributed by atoms with Crippen molar-refractivity contribution in [1.82, 2.24) is 0 Å². The number of rotatable bonds is 2. The highest BCUT2D eigenvalue weighted by molar-refractivity contribution is 4.97. The van der Waals surface area contributed by atoms with Crippen LogP contribution in [0.2, 0.25) is 0 Å². The molecular weight excluding hydrogens is 169 g/mol. The lowest BCUT2D eigenvalue weighted by Crippen LogP contribution is -2.37.